The minimum absolute atomic E-state index is 0.0173. The molecule has 2 aromatic rings. The molecule has 2 rings (SSSR count). The van der Waals surface area contributed by atoms with Crippen molar-refractivity contribution in [3.63, 3.8) is 0 Å². The third kappa shape index (κ3) is 6.63. The van der Waals surface area contributed by atoms with Crippen LogP contribution in [0.15, 0.2) is 30.7 Å². The third-order valence-electron chi connectivity index (χ3n) is 4.08. The zero-order valence-corrected chi connectivity index (χ0v) is 16.7. The van der Waals surface area contributed by atoms with Crippen LogP contribution < -0.4 is 10.6 Å². The van der Waals surface area contributed by atoms with Crippen molar-refractivity contribution < 1.29 is 4.79 Å². The van der Waals surface area contributed by atoms with Crippen LogP contribution in [0, 0.1) is 5.92 Å². The second kappa shape index (κ2) is 10.6. The Morgan fingerprint density at radius 1 is 1.31 bits per heavy atom. The predicted octanol–water partition coefficient (Wildman–Crippen LogP) is 3.97. The van der Waals surface area contributed by atoms with Crippen LogP contribution >= 0.6 is 23.2 Å². The maximum absolute atomic E-state index is 12.6. The van der Waals surface area contributed by atoms with E-state index in [4.69, 9.17) is 23.2 Å². The van der Waals surface area contributed by atoms with E-state index in [2.05, 4.69) is 34.4 Å². The van der Waals surface area contributed by atoms with Gasteiger partial charge >= 0.3 is 0 Å². The number of imidazole rings is 1. The van der Waals surface area contributed by atoms with Crippen molar-refractivity contribution in [2.24, 2.45) is 5.92 Å². The molecule has 142 valence electrons. The van der Waals surface area contributed by atoms with Crippen molar-refractivity contribution in [1.82, 2.24) is 20.6 Å². The van der Waals surface area contributed by atoms with Crippen LogP contribution in [0.2, 0.25) is 10.0 Å². The van der Waals surface area contributed by atoms with Crippen LogP contribution in [0.3, 0.4) is 0 Å². The van der Waals surface area contributed by atoms with Crippen LogP contribution in [0.25, 0.3) is 0 Å². The first-order valence-electron chi connectivity index (χ1n) is 8.88. The Labute approximate surface area is 164 Å². The average molecular weight is 397 g/mol. The highest BCUT2D eigenvalue weighted by atomic mass is 35.5. The molecule has 0 radical (unpaired) electrons. The number of benzene rings is 1. The monoisotopic (exact) mass is 396 g/mol. The van der Waals surface area contributed by atoms with Gasteiger partial charge in [0, 0.05) is 18.4 Å². The van der Waals surface area contributed by atoms with Crippen molar-refractivity contribution in [3.05, 3.63) is 52.0 Å². The lowest BCUT2D eigenvalue weighted by Gasteiger charge is -2.20. The summed E-state index contributed by atoms with van der Waals surface area (Å²) in [4.78, 5) is 19.7. The lowest BCUT2D eigenvalue weighted by atomic mass is 10.0. The van der Waals surface area contributed by atoms with Gasteiger partial charge in [-0.2, -0.15) is 0 Å². The summed E-state index contributed by atoms with van der Waals surface area (Å²) < 4.78 is 0. The van der Waals surface area contributed by atoms with Gasteiger partial charge < -0.3 is 15.6 Å². The molecule has 1 aromatic heterocycles. The van der Waals surface area contributed by atoms with Crippen LogP contribution in [0.5, 0.6) is 0 Å². The van der Waals surface area contributed by atoms with Gasteiger partial charge in [0.2, 0.25) is 5.91 Å². The van der Waals surface area contributed by atoms with Gasteiger partial charge in [-0.15, -0.1) is 0 Å². The number of halogens is 2. The Kier molecular flexibility index (Phi) is 8.42. The van der Waals surface area contributed by atoms with Gasteiger partial charge in [-0.3, -0.25) is 4.79 Å². The summed E-state index contributed by atoms with van der Waals surface area (Å²) in [6, 6.07) is 5.20. The van der Waals surface area contributed by atoms with E-state index in [-0.39, 0.29) is 11.9 Å². The van der Waals surface area contributed by atoms with E-state index >= 15 is 0 Å². The number of aromatic nitrogens is 2. The van der Waals surface area contributed by atoms with Gasteiger partial charge in [-0.1, -0.05) is 49.2 Å². The van der Waals surface area contributed by atoms with Gasteiger partial charge in [0.1, 0.15) is 0 Å². The van der Waals surface area contributed by atoms with Crippen molar-refractivity contribution >= 4 is 29.1 Å². The number of H-pyrrole nitrogens is 1. The minimum Gasteiger partial charge on any atom is -0.351 e. The SMILES string of the molecule is CC(C)CC(NCCCc1cnc[nH]1)C(=O)NCc1cccc(Cl)c1Cl. The molecule has 1 atom stereocenters. The van der Waals surface area contributed by atoms with E-state index in [1.165, 1.54) is 0 Å². The summed E-state index contributed by atoms with van der Waals surface area (Å²) in [5.41, 5.74) is 1.92. The number of nitrogens with zero attached hydrogens (tertiary/aromatic N) is 1. The number of amides is 1. The van der Waals surface area contributed by atoms with Gasteiger partial charge in [0.05, 0.1) is 22.4 Å². The number of hydrogen-bond donors (Lipinski definition) is 3. The summed E-state index contributed by atoms with van der Waals surface area (Å²) in [5.74, 6) is 0.400. The highest BCUT2D eigenvalue weighted by molar-refractivity contribution is 6.42. The van der Waals surface area contributed by atoms with E-state index in [1.54, 1.807) is 12.4 Å². The summed E-state index contributed by atoms with van der Waals surface area (Å²) in [5, 5.41) is 7.32. The third-order valence-corrected chi connectivity index (χ3v) is 4.93. The number of aromatic amines is 1. The summed E-state index contributed by atoms with van der Waals surface area (Å²) in [6.45, 7) is 5.35. The van der Waals surface area contributed by atoms with Gasteiger partial charge in [0.25, 0.3) is 0 Å². The minimum atomic E-state index is -0.227. The Morgan fingerprint density at radius 2 is 2.12 bits per heavy atom. The fourth-order valence-corrected chi connectivity index (χ4v) is 3.11. The largest absolute Gasteiger partial charge is 0.351 e. The molecule has 1 unspecified atom stereocenters. The van der Waals surface area contributed by atoms with Gasteiger partial charge in [-0.25, -0.2) is 4.98 Å². The maximum atomic E-state index is 12.6. The Morgan fingerprint density at radius 3 is 2.81 bits per heavy atom. The number of nitrogens with one attached hydrogen (secondary N) is 3. The molecule has 1 heterocycles. The topological polar surface area (TPSA) is 69.8 Å². The van der Waals surface area contributed by atoms with Crippen LogP contribution in [-0.4, -0.2) is 28.5 Å². The molecular formula is C19H26Cl2N4O. The molecule has 5 nitrogen and oxygen atoms in total. The molecular weight excluding hydrogens is 371 g/mol. The van der Waals surface area contributed by atoms with Crippen molar-refractivity contribution in [2.45, 2.75) is 45.7 Å². The van der Waals surface area contributed by atoms with E-state index in [9.17, 15) is 4.79 Å². The smallest absolute Gasteiger partial charge is 0.237 e. The molecule has 0 aliphatic rings. The van der Waals surface area contributed by atoms with Crippen molar-refractivity contribution in [1.29, 1.82) is 0 Å². The second-order valence-corrected chi connectivity index (χ2v) is 7.53. The quantitative estimate of drug-likeness (QED) is 0.532. The molecule has 7 heteroatoms. The van der Waals surface area contributed by atoms with E-state index in [0.717, 1.165) is 37.1 Å². The molecule has 1 amide bonds. The molecule has 0 bridgehead atoms. The highest BCUT2D eigenvalue weighted by Crippen LogP contribution is 2.25. The number of carbonyl (C=O) groups is 1. The van der Waals surface area contributed by atoms with Crippen LogP contribution in [0.4, 0.5) is 0 Å². The lowest BCUT2D eigenvalue weighted by molar-refractivity contribution is -0.123. The Bertz CT molecular complexity index is 689. The van der Waals surface area contributed by atoms with Gasteiger partial charge in [0.15, 0.2) is 0 Å². The van der Waals surface area contributed by atoms with E-state index in [1.807, 2.05) is 18.3 Å². The van der Waals surface area contributed by atoms with Crippen molar-refractivity contribution in [3.8, 4) is 0 Å². The predicted molar refractivity (Wildman–Crippen MR) is 106 cm³/mol. The molecule has 0 aliphatic carbocycles. The summed E-state index contributed by atoms with van der Waals surface area (Å²) in [6.07, 6.45) is 6.12. The first-order valence-corrected chi connectivity index (χ1v) is 9.64. The second-order valence-electron chi connectivity index (χ2n) is 6.75. The first kappa shape index (κ1) is 20.7. The number of hydrogen-bond acceptors (Lipinski definition) is 3. The lowest BCUT2D eigenvalue weighted by Crippen LogP contribution is -2.45. The first-order chi connectivity index (χ1) is 12.5. The number of carbonyl (C=O) groups excluding carboxylic acids is 1. The number of rotatable bonds is 10. The normalized spacial score (nSPS) is 12.3. The Balaban J connectivity index is 1.84. The van der Waals surface area contributed by atoms with Crippen molar-refractivity contribution in [2.75, 3.05) is 6.54 Å². The zero-order valence-electron chi connectivity index (χ0n) is 15.2. The standard InChI is InChI=1S/C19H26Cl2N4O/c1-13(2)9-17(23-8-4-6-15-11-22-12-25-15)19(26)24-10-14-5-3-7-16(20)18(14)21/h3,5,7,11-13,17,23H,4,6,8-10H2,1-2H3,(H,22,25)(H,24,26). The highest BCUT2D eigenvalue weighted by Gasteiger charge is 2.19. The molecule has 0 spiro atoms. The van der Waals surface area contributed by atoms with E-state index < -0.39 is 0 Å². The number of aryl methyl sites for hydroxylation is 1. The molecule has 0 fully saturated rings. The fraction of sp³-hybridized carbons (Fsp3) is 0.474. The van der Waals surface area contributed by atoms with Gasteiger partial charge in [-0.05, 0) is 43.4 Å². The maximum Gasteiger partial charge on any atom is 0.237 e. The fourth-order valence-electron chi connectivity index (χ4n) is 2.72. The molecule has 3 N–H and O–H groups in total. The molecule has 26 heavy (non-hydrogen) atoms. The zero-order chi connectivity index (χ0) is 18.9. The summed E-state index contributed by atoms with van der Waals surface area (Å²) >= 11 is 12.2. The van der Waals surface area contributed by atoms with Crippen LogP contribution in [-0.2, 0) is 17.8 Å². The van der Waals surface area contributed by atoms with Crippen LogP contribution in [0.1, 0.15) is 37.9 Å². The molecule has 0 saturated heterocycles. The molecule has 0 aliphatic heterocycles. The molecule has 1 aromatic carbocycles. The Hall–Kier alpha value is -1.56. The summed E-state index contributed by atoms with van der Waals surface area (Å²) in [7, 11) is 0. The molecule has 0 saturated carbocycles. The average Bonchev–Trinajstić information content (AvgIpc) is 3.11. The van der Waals surface area contributed by atoms with E-state index in [0.29, 0.717) is 22.5 Å².